The Balaban J connectivity index is 1.84. The lowest BCUT2D eigenvalue weighted by Gasteiger charge is -2.17. The standard InChI is InChI=1S/C19H25NO/c1-15-9-10-17(13-16(15)2)14-18(20-3)11-12-21-19-7-5-4-6-8-19/h4-10,13,18,20H,11-12,14H2,1-3H3. The lowest BCUT2D eigenvalue weighted by Crippen LogP contribution is -2.29. The van der Waals surface area contributed by atoms with E-state index in [-0.39, 0.29) is 0 Å². The molecule has 0 aliphatic carbocycles. The number of likely N-dealkylation sites (N-methyl/N-ethyl adjacent to an activating group) is 1. The van der Waals surface area contributed by atoms with Gasteiger partial charge in [-0.1, -0.05) is 36.4 Å². The number of nitrogens with one attached hydrogen (secondary N) is 1. The van der Waals surface area contributed by atoms with Gasteiger partial charge < -0.3 is 10.1 Å². The predicted molar refractivity (Wildman–Crippen MR) is 89.0 cm³/mol. The van der Waals surface area contributed by atoms with E-state index in [9.17, 15) is 0 Å². The van der Waals surface area contributed by atoms with Gasteiger partial charge in [0.2, 0.25) is 0 Å². The Hall–Kier alpha value is -1.80. The summed E-state index contributed by atoms with van der Waals surface area (Å²) in [6.07, 6.45) is 2.04. The Morgan fingerprint density at radius 3 is 2.43 bits per heavy atom. The zero-order valence-corrected chi connectivity index (χ0v) is 13.2. The van der Waals surface area contributed by atoms with Gasteiger partial charge in [0.05, 0.1) is 6.61 Å². The molecule has 2 heteroatoms. The molecule has 2 aromatic rings. The summed E-state index contributed by atoms with van der Waals surface area (Å²) in [5.74, 6) is 0.943. The van der Waals surface area contributed by atoms with E-state index in [0.29, 0.717) is 6.04 Å². The minimum atomic E-state index is 0.441. The number of ether oxygens (including phenoxy) is 1. The lowest BCUT2D eigenvalue weighted by molar-refractivity contribution is 0.288. The van der Waals surface area contributed by atoms with Gasteiger partial charge in [-0.15, -0.1) is 0 Å². The molecule has 112 valence electrons. The van der Waals surface area contributed by atoms with Gasteiger partial charge in [0, 0.05) is 6.04 Å². The highest BCUT2D eigenvalue weighted by Gasteiger charge is 2.08. The summed E-state index contributed by atoms with van der Waals surface area (Å²) in [5.41, 5.74) is 4.10. The maximum Gasteiger partial charge on any atom is 0.119 e. The van der Waals surface area contributed by atoms with Crippen LogP contribution in [0, 0.1) is 13.8 Å². The Kier molecular flexibility index (Phi) is 5.82. The first-order chi connectivity index (χ1) is 10.2. The summed E-state index contributed by atoms with van der Waals surface area (Å²) in [4.78, 5) is 0. The molecule has 0 spiro atoms. The van der Waals surface area contributed by atoms with Crippen LogP contribution >= 0.6 is 0 Å². The number of aryl methyl sites for hydroxylation is 2. The molecular formula is C19H25NO. The molecule has 21 heavy (non-hydrogen) atoms. The number of rotatable bonds is 7. The van der Waals surface area contributed by atoms with Gasteiger partial charge in [-0.2, -0.15) is 0 Å². The van der Waals surface area contributed by atoms with Gasteiger partial charge in [-0.3, -0.25) is 0 Å². The third-order valence-corrected chi connectivity index (χ3v) is 3.94. The zero-order chi connectivity index (χ0) is 15.1. The molecule has 1 atom stereocenters. The minimum absolute atomic E-state index is 0.441. The van der Waals surface area contributed by atoms with Crippen LogP contribution < -0.4 is 10.1 Å². The highest BCUT2D eigenvalue weighted by molar-refractivity contribution is 5.30. The fourth-order valence-corrected chi connectivity index (χ4v) is 2.40. The normalized spacial score (nSPS) is 12.1. The van der Waals surface area contributed by atoms with Crippen LogP contribution in [-0.2, 0) is 6.42 Å². The highest BCUT2D eigenvalue weighted by atomic mass is 16.5. The molecule has 2 rings (SSSR count). The van der Waals surface area contributed by atoms with Crippen LogP contribution in [0.1, 0.15) is 23.1 Å². The first kappa shape index (κ1) is 15.6. The fourth-order valence-electron chi connectivity index (χ4n) is 2.40. The Morgan fingerprint density at radius 2 is 1.76 bits per heavy atom. The summed E-state index contributed by atoms with van der Waals surface area (Å²) < 4.78 is 5.78. The largest absolute Gasteiger partial charge is 0.494 e. The van der Waals surface area contributed by atoms with Crippen LogP contribution in [0.4, 0.5) is 0 Å². The van der Waals surface area contributed by atoms with Crippen molar-refractivity contribution in [1.82, 2.24) is 5.32 Å². The second kappa shape index (κ2) is 7.84. The van der Waals surface area contributed by atoms with E-state index in [1.165, 1.54) is 16.7 Å². The van der Waals surface area contributed by atoms with E-state index >= 15 is 0 Å². The van der Waals surface area contributed by atoms with Crippen molar-refractivity contribution in [2.75, 3.05) is 13.7 Å². The average Bonchev–Trinajstić information content (AvgIpc) is 2.51. The lowest BCUT2D eigenvalue weighted by atomic mass is 9.99. The van der Waals surface area contributed by atoms with Gasteiger partial charge in [-0.25, -0.2) is 0 Å². The van der Waals surface area contributed by atoms with Crippen LogP contribution in [-0.4, -0.2) is 19.7 Å². The van der Waals surface area contributed by atoms with Crippen molar-refractivity contribution in [3.05, 3.63) is 65.2 Å². The van der Waals surface area contributed by atoms with Crippen LogP contribution in [0.25, 0.3) is 0 Å². The third kappa shape index (κ3) is 4.91. The molecule has 0 bridgehead atoms. The molecule has 0 fully saturated rings. The molecule has 0 aliphatic rings. The van der Waals surface area contributed by atoms with E-state index in [1.54, 1.807) is 0 Å². The minimum Gasteiger partial charge on any atom is -0.494 e. The van der Waals surface area contributed by atoms with Gasteiger partial charge in [0.15, 0.2) is 0 Å². The summed E-state index contributed by atoms with van der Waals surface area (Å²) in [6.45, 7) is 5.06. The third-order valence-electron chi connectivity index (χ3n) is 3.94. The van der Waals surface area contributed by atoms with E-state index in [4.69, 9.17) is 4.74 Å². The molecule has 2 aromatic carbocycles. The Bertz CT molecular complexity index is 551. The summed E-state index contributed by atoms with van der Waals surface area (Å²) in [5, 5.41) is 3.39. The van der Waals surface area contributed by atoms with Crippen molar-refractivity contribution >= 4 is 0 Å². The molecule has 0 aliphatic heterocycles. The van der Waals surface area contributed by atoms with Crippen molar-refractivity contribution in [1.29, 1.82) is 0 Å². The van der Waals surface area contributed by atoms with Crippen LogP contribution in [0.5, 0.6) is 5.75 Å². The van der Waals surface area contributed by atoms with Crippen molar-refractivity contribution in [3.8, 4) is 5.75 Å². The smallest absolute Gasteiger partial charge is 0.119 e. The molecule has 0 aromatic heterocycles. The first-order valence-corrected chi connectivity index (χ1v) is 7.60. The molecule has 1 unspecified atom stereocenters. The second-order valence-electron chi connectivity index (χ2n) is 5.56. The average molecular weight is 283 g/mol. The molecule has 1 N–H and O–H groups in total. The van der Waals surface area contributed by atoms with E-state index < -0.39 is 0 Å². The van der Waals surface area contributed by atoms with Crippen molar-refractivity contribution in [2.24, 2.45) is 0 Å². The molecule has 2 nitrogen and oxygen atoms in total. The molecule has 0 radical (unpaired) electrons. The number of hydrogen-bond donors (Lipinski definition) is 1. The first-order valence-electron chi connectivity index (χ1n) is 7.60. The number of hydrogen-bond acceptors (Lipinski definition) is 2. The van der Waals surface area contributed by atoms with Gasteiger partial charge in [0.25, 0.3) is 0 Å². The second-order valence-corrected chi connectivity index (χ2v) is 5.56. The van der Waals surface area contributed by atoms with Gasteiger partial charge in [0.1, 0.15) is 5.75 Å². The summed E-state index contributed by atoms with van der Waals surface area (Å²) >= 11 is 0. The molecule has 0 amide bonds. The van der Waals surface area contributed by atoms with E-state index in [1.807, 2.05) is 37.4 Å². The number of para-hydroxylation sites is 1. The Morgan fingerprint density at radius 1 is 1.00 bits per heavy atom. The summed E-state index contributed by atoms with van der Waals surface area (Å²) in [7, 11) is 2.02. The maximum absolute atomic E-state index is 5.78. The van der Waals surface area contributed by atoms with Crippen molar-refractivity contribution in [3.63, 3.8) is 0 Å². The van der Waals surface area contributed by atoms with E-state index in [2.05, 4.69) is 37.4 Å². The number of benzene rings is 2. The molecule has 0 heterocycles. The topological polar surface area (TPSA) is 21.3 Å². The molecular weight excluding hydrogens is 258 g/mol. The predicted octanol–water partition coefficient (Wildman–Crippen LogP) is 3.90. The molecule has 0 saturated carbocycles. The van der Waals surface area contributed by atoms with E-state index in [0.717, 1.165) is 25.2 Å². The van der Waals surface area contributed by atoms with Gasteiger partial charge in [-0.05, 0) is 62.6 Å². The quantitative estimate of drug-likeness (QED) is 0.832. The Labute approximate surface area is 128 Å². The van der Waals surface area contributed by atoms with Crippen LogP contribution in [0.3, 0.4) is 0 Å². The molecule has 0 saturated heterocycles. The fraction of sp³-hybridized carbons (Fsp3) is 0.368. The van der Waals surface area contributed by atoms with Crippen molar-refractivity contribution < 1.29 is 4.74 Å². The van der Waals surface area contributed by atoms with Crippen LogP contribution in [0.15, 0.2) is 48.5 Å². The monoisotopic (exact) mass is 283 g/mol. The van der Waals surface area contributed by atoms with Gasteiger partial charge >= 0.3 is 0 Å². The SMILES string of the molecule is CNC(CCOc1ccccc1)Cc1ccc(C)c(C)c1. The summed E-state index contributed by atoms with van der Waals surface area (Å²) in [6, 6.07) is 17.2. The maximum atomic E-state index is 5.78. The highest BCUT2D eigenvalue weighted by Crippen LogP contribution is 2.13. The van der Waals surface area contributed by atoms with Crippen molar-refractivity contribution in [2.45, 2.75) is 32.7 Å². The van der Waals surface area contributed by atoms with Crippen LogP contribution in [0.2, 0.25) is 0 Å². The zero-order valence-electron chi connectivity index (χ0n) is 13.2.